The van der Waals surface area contributed by atoms with Gasteiger partial charge in [0.05, 0.1) is 18.6 Å². The van der Waals surface area contributed by atoms with E-state index in [1.165, 1.54) is 17.5 Å². The van der Waals surface area contributed by atoms with Gasteiger partial charge in [-0.3, -0.25) is 9.98 Å². The van der Waals surface area contributed by atoms with Crippen molar-refractivity contribution in [3.63, 3.8) is 0 Å². The average Bonchev–Trinajstić information content (AvgIpc) is 3.32. The molecule has 0 saturated carbocycles. The molecular weight excluding hydrogens is 441 g/mol. The number of pyridine rings is 1. The van der Waals surface area contributed by atoms with Crippen molar-refractivity contribution in [3.05, 3.63) is 58.6 Å². The SMILES string of the molecule is CN=C/C(=C\N)c1cnc2ccc(Cc3nnc4sc(CNCC(F)(F)F)nn34)cc2c1. The fraction of sp³-hybridized carbons (Fsp3) is 0.250. The highest BCUT2D eigenvalue weighted by Crippen LogP contribution is 2.22. The number of alkyl halides is 3. The van der Waals surface area contributed by atoms with Crippen LogP contribution < -0.4 is 11.1 Å². The van der Waals surface area contributed by atoms with Gasteiger partial charge in [-0.05, 0) is 23.8 Å². The minimum atomic E-state index is -4.26. The lowest BCUT2D eigenvalue weighted by molar-refractivity contribution is -0.125. The van der Waals surface area contributed by atoms with Gasteiger partial charge in [0.1, 0.15) is 5.01 Å². The molecule has 32 heavy (non-hydrogen) atoms. The summed E-state index contributed by atoms with van der Waals surface area (Å²) in [5.74, 6) is 0.599. The Morgan fingerprint density at radius 3 is 2.88 bits per heavy atom. The summed E-state index contributed by atoms with van der Waals surface area (Å²) in [5, 5.41) is 16.4. The number of aromatic nitrogens is 5. The molecule has 166 valence electrons. The third kappa shape index (κ3) is 4.92. The second-order valence-electron chi connectivity index (χ2n) is 6.96. The van der Waals surface area contributed by atoms with Gasteiger partial charge >= 0.3 is 6.18 Å². The van der Waals surface area contributed by atoms with E-state index in [2.05, 4.69) is 30.6 Å². The van der Waals surface area contributed by atoms with Crippen molar-refractivity contribution >= 4 is 39.0 Å². The van der Waals surface area contributed by atoms with Gasteiger partial charge in [0.25, 0.3) is 0 Å². The van der Waals surface area contributed by atoms with Crippen LogP contribution in [0.5, 0.6) is 0 Å². The molecule has 1 aromatic carbocycles. The van der Waals surface area contributed by atoms with Gasteiger partial charge in [-0.25, -0.2) is 0 Å². The Bertz CT molecular complexity index is 1310. The Labute approximate surface area is 184 Å². The molecule has 0 saturated heterocycles. The van der Waals surface area contributed by atoms with Crippen molar-refractivity contribution in [3.8, 4) is 0 Å². The van der Waals surface area contributed by atoms with Crippen molar-refractivity contribution in [2.75, 3.05) is 13.6 Å². The second kappa shape index (κ2) is 9.01. The third-order valence-electron chi connectivity index (χ3n) is 4.59. The first-order valence-electron chi connectivity index (χ1n) is 9.57. The molecule has 4 aromatic rings. The van der Waals surface area contributed by atoms with Crippen LogP contribution in [-0.4, -0.2) is 50.8 Å². The number of rotatable bonds is 7. The van der Waals surface area contributed by atoms with Crippen LogP contribution in [-0.2, 0) is 13.0 Å². The summed E-state index contributed by atoms with van der Waals surface area (Å²) in [6.45, 7) is -1.06. The summed E-state index contributed by atoms with van der Waals surface area (Å²) in [4.78, 5) is 9.02. The molecule has 0 spiro atoms. The van der Waals surface area contributed by atoms with Crippen molar-refractivity contribution < 1.29 is 13.2 Å². The van der Waals surface area contributed by atoms with Crippen molar-refractivity contribution in [1.82, 2.24) is 30.1 Å². The van der Waals surface area contributed by atoms with E-state index in [9.17, 15) is 13.2 Å². The Kier molecular flexibility index (Phi) is 6.15. The van der Waals surface area contributed by atoms with Gasteiger partial charge in [0, 0.05) is 48.6 Å². The zero-order chi connectivity index (χ0) is 22.7. The lowest BCUT2D eigenvalue weighted by atomic mass is 10.0. The van der Waals surface area contributed by atoms with Crippen LogP contribution in [0, 0.1) is 0 Å². The van der Waals surface area contributed by atoms with Crippen LogP contribution in [0.25, 0.3) is 21.4 Å². The molecule has 0 aliphatic heterocycles. The van der Waals surface area contributed by atoms with Crippen molar-refractivity contribution in [2.24, 2.45) is 10.7 Å². The van der Waals surface area contributed by atoms with E-state index in [1.807, 2.05) is 24.3 Å². The van der Waals surface area contributed by atoms with Crippen molar-refractivity contribution in [2.45, 2.75) is 19.1 Å². The number of halogens is 3. The van der Waals surface area contributed by atoms with Crippen LogP contribution in [0.1, 0.15) is 22.0 Å². The molecule has 0 aliphatic rings. The Morgan fingerprint density at radius 2 is 2.12 bits per heavy atom. The second-order valence-corrected chi connectivity index (χ2v) is 8.00. The minimum absolute atomic E-state index is 0.00938. The first-order valence-corrected chi connectivity index (χ1v) is 10.4. The monoisotopic (exact) mass is 460 g/mol. The van der Waals surface area contributed by atoms with Crippen LogP contribution in [0.3, 0.4) is 0 Å². The maximum absolute atomic E-state index is 12.3. The summed E-state index contributed by atoms with van der Waals surface area (Å²) >= 11 is 1.20. The molecule has 0 unspecified atom stereocenters. The first-order chi connectivity index (χ1) is 15.4. The van der Waals surface area contributed by atoms with Crippen LogP contribution in [0.2, 0.25) is 0 Å². The number of aliphatic imine (C=N–C) groups is 1. The zero-order valence-electron chi connectivity index (χ0n) is 17.0. The molecular formula is C20H19F3N8S. The van der Waals surface area contributed by atoms with Crippen LogP contribution in [0.4, 0.5) is 13.2 Å². The summed E-state index contributed by atoms with van der Waals surface area (Å²) < 4.78 is 38.5. The zero-order valence-corrected chi connectivity index (χ0v) is 17.8. The summed E-state index contributed by atoms with van der Waals surface area (Å²) in [6, 6.07) is 7.85. The normalized spacial score (nSPS) is 13.1. The van der Waals surface area contributed by atoms with Gasteiger partial charge in [0.2, 0.25) is 4.96 Å². The van der Waals surface area contributed by atoms with E-state index >= 15 is 0 Å². The molecule has 0 fully saturated rings. The molecule has 3 aromatic heterocycles. The predicted octanol–water partition coefficient (Wildman–Crippen LogP) is 2.98. The van der Waals surface area contributed by atoms with Crippen molar-refractivity contribution in [1.29, 1.82) is 0 Å². The fourth-order valence-corrected chi connectivity index (χ4v) is 4.00. The maximum Gasteiger partial charge on any atom is 0.401 e. The van der Waals surface area contributed by atoms with E-state index in [0.29, 0.717) is 22.2 Å². The van der Waals surface area contributed by atoms with E-state index < -0.39 is 12.7 Å². The summed E-state index contributed by atoms with van der Waals surface area (Å²) in [6.07, 6.45) is 1.09. The van der Waals surface area contributed by atoms with Gasteiger partial charge in [-0.1, -0.05) is 17.4 Å². The average molecular weight is 460 g/mol. The van der Waals surface area contributed by atoms with Gasteiger partial charge < -0.3 is 11.1 Å². The minimum Gasteiger partial charge on any atom is -0.404 e. The summed E-state index contributed by atoms with van der Waals surface area (Å²) in [7, 11) is 1.67. The Hall–Kier alpha value is -3.38. The van der Waals surface area contributed by atoms with Gasteiger partial charge in [0.15, 0.2) is 5.82 Å². The Balaban J connectivity index is 1.56. The molecule has 3 N–H and O–H groups in total. The predicted molar refractivity (Wildman–Crippen MR) is 118 cm³/mol. The number of hydrogen-bond acceptors (Lipinski definition) is 8. The quantitative estimate of drug-likeness (QED) is 0.411. The molecule has 0 aliphatic carbocycles. The maximum atomic E-state index is 12.3. The lowest BCUT2D eigenvalue weighted by Crippen LogP contribution is -2.28. The third-order valence-corrected chi connectivity index (χ3v) is 5.49. The molecule has 0 bridgehead atoms. The number of fused-ring (bicyclic) bond motifs is 2. The number of allylic oxidation sites excluding steroid dienone is 1. The van der Waals surface area contributed by atoms with Gasteiger partial charge in [-0.2, -0.15) is 22.8 Å². The topological polar surface area (TPSA) is 106 Å². The standard InChI is InChI=1S/C20H19F3N8S/c1-25-8-15(7-24)14-6-13-4-12(2-3-16(13)27-9-14)5-17-28-29-19-31(17)30-18(32-19)10-26-11-20(21,22)23/h2-4,6-9,26H,5,10-11,24H2,1H3/b15-7+,25-8?. The van der Waals surface area contributed by atoms with E-state index in [-0.39, 0.29) is 6.54 Å². The smallest absolute Gasteiger partial charge is 0.401 e. The van der Waals surface area contributed by atoms with Crippen LogP contribution in [0.15, 0.2) is 41.7 Å². The highest BCUT2D eigenvalue weighted by Gasteiger charge is 2.26. The molecule has 3 heterocycles. The molecule has 0 amide bonds. The molecule has 0 atom stereocenters. The highest BCUT2D eigenvalue weighted by atomic mass is 32.1. The van der Waals surface area contributed by atoms with Gasteiger partial charge in [-0.15, -0.1) is 10.2 Å². The molecule has 12 heteroatoms. The number of nitrogens with zero attached hydrogens (tertiary/aromatic N) is 6. The number of hydrogen-bond donors (Lipinski definition) is 2. The van der Waals surface area contributed by atoms with E-state index in [0.717, 1.165) is 27.6 Å². The molecule has 0 radical (unpaired) electrons. The number of benzene rings is 1. The lowest BCUT2D eigenvalue weighted by Gasteiger charge is -2.06. The molecule has 4 rings (SSSR count). The van der Waals surface area contributed by atoms with E-state index in [4.69, 9.17) is 5.73 Å². The fourth-order valence-electron chi connectivity index (χ4n) is 3.17. The summed E-state index contributed by atoms with van der Waals surface area (Å²) in [5.41, 5.74) is 9.12. The highest BCUT2D eigenvalue weighted by molar-refractivity contribution is 7.16. The molecule has 8 nitrogen and oxygen atoms in total. The van der Waals surface area contributed by atoms with Crippen LogP contribution >= 0.6 is 11.3 Å². The number of nitrogens with two attached hydrogens (primary N) is 1. The van der Waals surface area contributed by atoms with E-state index in [1.54, 1.807) is 24.0 Å². The Morgan fingerprint density at radius 1 is 1.28 bits per heavy atom. The number of nitrogens with one attached hydrogen (secondary N) is 1. The first kappa shape index (κ1) is 21.8. The largest absolute Gasteiger partial charge is 0.404 e.